The zero-order valence-corrected chi connectivity index (χ0v) is 14.2. The van der Waals surface area contributed by atoms with Crippen LogP contribution in [0.15, 0.2) is 35.4 Å². The minimum Gasteiger partial charge on any atom is -0.494 e. The number of H-pyrrole nitrogens is 1. The number of halogens is 1. The third-order valence-corrected chi connectivity index (χ3v) is 4.30. The summed E-state index contributed by atoms with van der Waals surface area (Å²) in [6.07, 6.45) is 3.03. The van der Waals surface area contributed by atoms with E-state index in [4.69, 9.17) is 9.47 Å². The number of benzene rings is 1. The number of rotatable bonds is 6. The van der Waals surface area contributed by atoms with Crippen molar-refractivity contribution >= 4 is 0 Å². The lowest BCUT2D eigenvalue weighted by molar-refractivity contribution is -0.0346. The van der Waals surface area contributed by atoms with E-state index in [0.29, 0.717) is 13.0 Å². The van der Waals surface area contributed by atoms with E-state index >= 15 is 0 Å². The Morgan fingerprint density at radius 1 is 1.44 bits per heavy atom. The predicted octanol–water partition coefficient (Wildman–Crippen LogP) is 1.75. The Hall–Kier alpha value is -2.25. The molecule has 0 unspecified atom stereocenters. The van der Waals surface area contributed by atoms with Gasteiger partial charge in [0.05, 0.1) is 26.1 Å². The van der Waals surface area contributed by atoms with E-state index in [2.05, 4.69) is 14.9 Å². The number of nitrogens with one attached hydrogen (secondary N) is 1. The van der Waals surface area contributed by atoms with Crippen LogP contribution in [0.5, 0.6) is 5.75 Å². The minimum atomic E-state index is -0.351. The standard InChI is InChI=1S/C18H22FN3O3/c1-24-17-8-13(2-5-16(17)19)10-22-6-7-25-15(11-22)4-3-14-9-18(23)21-12-20-14/h2,5,8-9,12,15H,3-4,6-7,10-11H2,1H3,(H,20,21,23)/t15-/m0/s1. The van der Waals surface area contributed by atoms with Crippen molar-refractivity contribution in [3.8, 4) is 5.75 Å². The van der Waals surface area contributed by atoms with Crippen molar-refractivity contribution in [1.29, 1.82) is 0 Å². The van der Waals surface area contributed by atoms with Crippen LogP contribution >= 0.6 is 0 Å². The second kappa shape index (κ2) is 8.22. The molecule has 1 N–H and O–H groups in total. The molecule has 0 spiro atoms. The first kappa shape index (κ1) is 17.6. The fourth-order valence-electron chi connectivity index (χ4n) is 3.01. The molecule has 3 rings (SSSR count). The molecular weight excluding hydrogens is 325 g/mol. The molecular formula is C18H22FN3O3. The number of ether oxygens (including phenoxy) is 2. The number of hydrogen-bond donors (Lipinski definition) is 1. The SMILES string of the molecule is COc1cc(CN2CCO[C@@H](CCc3cc(=O)[nH]cn3)C2)ccc1F. The average molecular weight is 347 g/mol. The van der Waals surface area contributed by atoms with E-state index in [0.717, 1.165) is 37.3 Å². The zero-order valence-electron chi connectivity index (χ0n) is 14.2. The molecule has 1 aliphatic heterocycles. The van der Waals surface area contributed by atoms with Gasteiger partial charge in [0.2, 0.25) is 0 Å². The van der Waals surface area contributed by atoms with E-state index in [1.807, 2.05) is 0 Å². The van der Waals surface area contributed by atoms with Crippen LogP contribution in [-0.2, 0) is 17.7 Å². The fraction of sp³-hybridized carbons (Fsp3) is 0.444. The summed E-state index contributed by atoms with van der Waals surface area (Å²) in [5, 5.41) is 0. The maximum absolute atomic E-state index is 13.5. The molecule has 0 saturated carbocycles. The summed E-state index contributed by atoms with van der Waals surface area (Å²) >= 11 is 0. The number of hydrogen-bond acceptors (Lipinski definition) is 5. The van der Waals surface area contributed by atoms with Gasteiger partial charge in [0.15, 0.2) is 11.6 Å². The topological polar surface area (TPSA) is 67.5 Å². The van der Waals surface area contributed by atoms with Gasteiger partial charge in [-0.2, -0.15) is 0 Å². The van der Waals surface area contributed by atoms with Crippen LogP contribution in [0.4, 0.5) is 4.39 Å². The first-order valence-electron chi connectivity index (χ1n) is 8.34. The highest BCUT2D eigenvalue weighted by molar-refractivity contribution is 5.30. The van der Waals surface area contributed by atoms with E-state index in [1.54, 1.807) is 12.1 Å². The molecule has 2 aromatic rings. The maximum Gasteiger partial charge on any atom is 0.250 e. The van der Waals surface area contributed by atoms with Gasteiger partial charge < -0.3 is 14.5 Å². The largest absolute Gasteiger partial charge is 0.494 e. The Labute approximate surface area is 145 Å². The minimum absolute atomic E-state index is 0.0946. The molecule has 1 aromatic carbocycles. The van der Waals surface area contributed by atoms with Crippen molar-refractivity contribution in [2.45, 2.75) is 25.5 Å². The molecule has 0 aliphatic carbocycles. The monoisotopic (exact) mass is 347 g/mol. The van der Waals surface area contributed by atoms with E-state index in [1.165, 1.54) is 25.6 Å². The molecule has 0 radical (unpaired) electrons. The molecule has 6 nitrogen and oxygen atoms in total. The third kappa shape index (κ3) is 4.87. The van der Waals surface area contributed by atoms with Crippen molar-refractivity contribution in [2.24, 2.45) is 0 Å². The smallest absolute Gasteiger partial charge is 0.250 e. The molecule has 1 saturated heterocycles. The van der Waals surface area contributed by atoms with Gasteiger partial charge in [-0.15, -0.1) is 0 Å². The van der Waals surface area contributed by atoms with Crippen molar-refractivity contribution in [2.75, 3.05) is 26.8 Å². The number of methoxy groups -OCH3 is 1. The lowest BCUT2D eigenvalue weighted by atomic mass is 10.1. The summed E-state index contributed by atoms with van der Waals surface area (Å²) in [5.41, 5.74) is 1.64. The highest BCUT2D eigenvalue weighted by Gasteiger charge is 2.21. The van der Waals surface area contributed by atoms with E-state index in [-0.39, 0.29) is 23.2 Å². The van der Waals surface area contributed by atoms with Crippen molar-refractivity contribution in [3.05, 3.63) is 58.0 Å². The lowest BCUT2D eigenvalue weighted by Gasteiger charge is -2.33. The lowest BCUT2D eigenvalue weighted by Crippen LogP contribution is -2.42. The Morgan fingerprint density at radius 3 is 3.12 bits per heavy atom. The fourth-order valence-corrected chi connectivity index (χ4v) is 3.01. The van der Waals surface area contributed by atoms with Gasteiger partial charge in [-0.3, -0.25) is 9.69 Å². The van der Waals surface area contributed by atoms with Crippen LogP contribution in [0.25, 0.3) is 0 Å². The second-order valence-corrected chi connectivity index (χ2v) is 6.14. The van der Waals surface area contributed by atoms with Gasteiger partial charge in [-0.05, 0) is 30.5 Å². The Bertz CT molecular complexity index is 765. The first-order valence-corrected chi connectivity index (χ1v) is 8.34. The van der Waals surface area contributed by atoms with Crippen molar-refractivity contribution in [3.63, 3.8) is 0 Å². The van der Waals surface area contributed by atoms with Crippen LogP contribution in [-0.4, -0.2) is 47.8 Å². The summed E-state index contributed by atoms with van der Waals surface area (Å²) in [5.74, 6) is -0.0841. The molecule has 0 bridgehead atoms. The van der Waals surface area contributed by atoms with Gasteiger partial charge in [0, 0.05) is 31.4 Å². The molecule has 1 aromatic heterocycles. The number of aromatic amines is 1. The van der Waals surface area contributed by atoms with Gasteiger partial charge >= 0.3 is 0 Å². The molecule has 1 fully saturated rings. The summed E-state index contributed by atoms with van der Waals surface area (Å²) in [6, 6.07) is 6.47. The molecule has 1 aliphatic rings. The van der Waals surface area contributed by atoms with Crippen LogP contribution in [0.1, 0.15) is 17.7 Å². The van der Waals surface area contributed by atoms with Gasteiger partial charge in [-0.1, -0.05) is 6.07 Å². The quantitative estimate of drug-likeness (QED) is 0.862. The summed E-state index contributed by atoms with van der Waals surface area (Å²) in [4.78, 5) is 20.3. The van der Waals surface area contributed by atoms with Crippen LogP contribution in [0.3, 0.4) is 0 Å². The Balaban J connectivity index is 1.55. The van der Waals surface area contributed by atoms with Gasteiger partial charge in [0.25, 0.3) is 5.56 Å². The Morgan fingerprint density at radius 2 is 2.32 bits per heavy atom. The van der Waals surface area contributed by atoms with Crippen molar-refractivity contribution < 1.29 is 13.9 Å². The van der Waals surface area contributed by atoms with Gasteiger partial charge in [-0.25, -0.2) is 9.37 Å². The number of nitrogens with zero attached hydrogens (tertiary/aromatic N) is 2. The van der Waals surface area contributed by atoms with E-state index in [9.17, 15) is 9.18 Å². The van der Waals surface area contributed by atoms with Gasteiger partial charge in [0.1, 0.15) is 0 Å². The highest BCUT2D eigenvalue weighted by Crippen LogP contribution is 2.20. The van der Waals surface area contributed by atoms with Crippen LogP contribution < -0.4 is 10.3 Å². The molecule has 2 heterocycles. The summed E-state index contributed by atoms with van der Waals surface area (Å²) in [6.45, 7) is 3.01. The predicted molar refractivity (Wildman–Crippen MR) is 91.1 cm³/mol. The summed E-state index contributed by atoms with van der Waals surface area (Å²) in [7, 11) is 1.47. The second-order valence-electron chi connectivity index (χ2n) is 6.14. The maximum atomic E-state index is 13.5. The molecule has 25 heavy (non-hydrogen) atoms. The molecule has 134 valence electrons. The third-order valence-electron chi connectivity index (χ3n) is 4.30. The molecule has 0 amide bonds. The number of aromatic nitrogens is 2. The van der Waals surface area contributed by atoms with E-state index < -0.39 is 0 Å². The van der Waals surface area contributed by atoms with Crippen LogP contribution in [0.2, 0.25) is 0 Å². The average Bonchev–Trinajstić information content (AvgIpc) is 2.62. The summed E-state index contributed by atoms with van der Waals surface area (Å²) < 4.78 is 24.4. The number of morpholine rings is 1. The first-order chi connectivity index (χ1) is 12.1. The molecule has 7 heteroatoms. The molecule has 1 atom stereocenters. The Kier molecular flexibility index (Phi) is 5.78. The number of aryl methyl sites for hydroxylation is 1. The zero-order chi connectivity index (χ0) is 17.6. The van der Waals surface area contributed by atoms with Crippen LogP contribution in [0, 0.1) is 5.82 Å². The van der Waals surface area contributed by atoms with Crippen molar-refractivity contribution in [1.82, 2.24) is 14.9 Å². The normalized spacial score (nSPS) is 18.2. The highest BCUT2D eigenvalue weighted by atomic mass is 19.1.